The summed E-state index contributed by atoms with van der Waals surface area (Å²) in [6, 6.07) is 0. The maximum Gasteiger partial charge on any atom is 0.0823 e. The van der Waals surface area contributed by atoms with Crippen LogP contribution in [0.25, 0.3) is 0 Å². The first-order valence-electron chi connectivity index (χ1n) is 6.81. The second kappa shape index (κ2) is 6.20. The molecule has 0 saturated carbocycles. The predicted octanol–water partition coefficient (Wildman–Crippen LogP) is 3.11. The van der Waals surface area contributed by atoms with Crippen molar-refractivity contribution in [3.8, 4) is 0 Å². The molecule has 1 rings (SSSR count). The summed E-state index contributed by atoms with van der Waals surface area (Å²) >= 11 is 0. The van der Waals surface area contributed by atoms with Crippen LogP contribution in [0.15, 0.2) is 0 Å². The fourth-order valence-electron chi connectivity index (χ4n) is 2.29. The molecular weight excluding hydrogens is 212 g/mol. The first kappa shape index (κ1) is 14.2. The summed E-state index contributed by atoms with van der Waals surface area (Å²) in [4.78, 5) is 0. The van der Waals surface area contributed by atoms with Crippen molar-refractivity contribution in [2.75, 3.05) is 0 Å². The molecule has 0 fully saturated rings. The maximum absolute atomic E-state index is 10.1. The molecule has 1 heterocycles. The average molecular weight is 238 g/mol. The van der Waals surface area contributed by atoms with Crippen LogP contribution in [0.2, 0.25) is 0 Å². The van der Waals surface area contributed by atoms with E-state index in [2.05, 4.69) is 37.5 Å². The topological polar surface area (TPSA) is 38.0 Å². The summed E-state index contributed by atoms with van der Waals surface area (Å²) in [6.07, 6.45) is 2.23. The van der Waals surface area contributed by atoms with Crippen LogP contribution in [0.1, 0.15) is 64.1 Å². The Morgan fingerprint density at radius 2 is 1.82 bits per heavy atom. The van der Waals surface area contributed by atoms with Gasteiger partial charge in [-0.2, -0.15) is 5.10 Å². The molecule has 0 amide bonds. The van der Waals surface area contributed by atoms with E-state index < -0.39 is 0 Å². The van der Waals surface area contributed by atoms with Crippen molar-refractivity contribution in [2.45, 2.75) is 66.5 Å². The van der Waals surface area contributed by atoms with Gasteiger partial charge in [-0.3, -0.25) is 4.68 Å². The Balaban J connectivity index is 3.20. The monoisotopic (exact) mass is 238 g/mol. The molecule has 0 aliphatic rings. The largest absolute Gasteiger partial charge is 0.388 e. The van der Waals surface area contributed by atoms with E-state index in [-0.39, 0.29) is 6.10 Å². The van der Waals surface area contributed by atoms with E-state index in [1.807, 2.05) is 6.92 Å². The minimum Gasteiger partial charge on any atom is -0.388 e. The van der Waals surface area contributed by atoms with Crippen LogP contribution in [0, 0.1) is 5.92 Å². The summed E-state index contributed by atoms with van der Waals surface area (Å²) in [7, 11) is 0. The molecule has 0 aliphatic carbocycles. The van der Waals surface area contributed by atoms with E-state index in [1.54, 1.807) is 0 Å². The zero-order valence-electron chi connectivity index (χ0n) is 11.8. The molecule has 17 heavy (non-hydrogen) atoms. The minimum absolute atomic E-state index is 0.360. The Morgan fingerprint density at radius 1 is 1.18 bits per heavy atom. The van der Waals surface area contributed by atoms with Gasteiger partial charge in [0.05, 0.1) is 11.8 Å². The van der Waals surface area contributed by atoms with Gasteiger partial charge in [-0.05, 0) is 25.2 Å². The number of aliphatic hydroxyl groups excluding tert-OH is 1. The van der Waals surface area contributed by atoms with Crippen molar-refractivity contribution in [3.05, 3.63) is 17.0 Å². The van der Waals surface area contributed by atoms with Gasteiger partial charge in [-0.15, -0.1) is 0 Å². The van der Waals surface area contributed by atoms with Gasteiger partial charge >= 0.3 is 0 Å². The second-order valence-electron chi connectivity index (χ2n) is 5.01. The molecule has 3 heteroatoms. The molecule has 1 N–H and O–H groups in total. The SMILES string of the molecule is CCc1nn(CC(C)C)c(CC)c1C(O)CC. The molecule has 0 spiro atoms. The molecule has 1 aromatic rings. The van der Waals surface area contributed by atoms with E-state index in [0.29, 0.717) is 5.92 Å². The molecule has 0 bridgehead atoms. The molecule has 1 atom stereocenters. The third-order valence-corrected chi connectivity index (χ3v) is 3.10. The van der Waals surface area contributed by atoms with E-state index in [1.165, 1.54) is 5.69 Å². The van der Waals surface area contributed by atoms with Crippen molar-refractivity contribution in [3.63, 3.8) is 0 Å². The molecule has 0 saturated heterocycles. The lowest BCUT2D eigenvalue weighted by atomic mass is 10.0. The van der Waals surface area contributed by atoms with Gasteiger partial charge in [-0.25, -0.2) is 0 Å². The highest BCUT2D eigenvalue weighted by Gasteiger charge is 2.20. The highest BCUT2D eigenvalue weighted by molar-refractivity contribution is 5.29. The lowest BCUT2D eigenvalue weighted by Crippen LogP contribution is -2.10. The van der Waals surface area contributed by atoms with Crippen LogP contribution in [0.4, 0.5) is 0 Å². The van der Waals surface area contributed by atoms with Gasteiger partial charge in [-0.1, -0.05) is 34.6 Å². The van der Waals surface area contributed by atoms with E-state index in [4.69, 9.17) is 0 Å². The van der Waals surface area contributed by atoms with Gasteiger partial charge in [0.2, 0.25) is 0 Å². The summed E-state index contributed by atoms with van der Waals surface area (Å²) in [5.41, 5.74) is 3.36. The number of rotatable bonds is 6. The highest BCUT2D eigenvalue weighted by atomic mass is 16.3. The Morgan fingerprint density at radius 3 is 2.24 bits per heavy atom. The lowest BCUT2D eigenvalue weighted by molar-refractivity contribution is 0.171. The standard InChI is InChI=1S/C14H26N2O/c1-6-11-14(13(17)8-3)12(7-2)16(15-11)9-10(4)5/h10,13,17H,6-9H2,1-5H3. The van der Waals surface area contributed by atoms with Crippen LogP contribution in [-0.2, 0) is 19.4 Å². The van der Waals surface area contributed by atoms with Gasteiger partial charge < -0.3 is 5.11 Å². The van der Waals surface area contributed by atoms with Crippen LogP contribution < -0.4 is 0 Å². The summed E-state index contributed by atoms with van der Waals surface area (Å²) in [5.74, 6) is 0.580. The number of hydrogen-bond donors (Lipinski definition) is 1. The molecule has 1 unspecified atom stereocenters. The molecule has 98 valence electrons. The predicted molar refractivity (Wildman–Crippen MR) is 71.1 cm³/mol. The molecule has 0 radical (unpaired) electrons. The Labute approximate surface area is 105 Å². The number of aliphatic hydroxyl groups is 1. The fraction of sp³-hybridized carbons (Fsp3) is 0.786. The average Bonchev–Trinajstić information content (AvgIpc) is 2.64. The van der Waals surface area contributed by atoms with Crippen molar-refractivity contribution in [2.24, 2.45) is 5.92 Å². The van der Waals surface area contributed by atoms with Gasteiger partial charge in [0.25, 0.3) is 0 Å². The Kier molecular flexibility index (Phi) is 5.19. The third-order valence-electron chi connectivity index (χ3n) is 3.10. The summed E-state index contributed by atoms with van der Waals surface area (Å²) in [5, 5.41) is 14.8. The van der Waals surface area contributed by atoms with Crippen molar-refractivity contribution in [1.29, 1.82) is 0 Å². The van der Waals surface area contributed by atoms with Crippen LogP contribution in [0.5, 0.6) is 0 Å². The second-order valence-corrected chi connectivity index (χ2v) is 5.01. The maximum atomic E-state index is 10.1. The highest BCUT2D eigenvalue weighted by Crippen LogP contribution is 2.26. The van der Waals surface area contributed by atoms with Crippen molar-refractivity contribution >= 4 is 0 Å². The number of aromatic nitrogens is 2. The van der Waals surface area contributed by atoms with Crippen LogP contribution >= 0.6 is 0 Å². The van der Waals surface area contributed by atoms with Crippen molar-refractivity contribution < 1.29 is 5.11 Å². The molecule has 0 aliphatic heterocycles. The van der Waals surface area contributed by atoms with E-state index >= 15 is 0 Å². The minimum atomic E-state index is -0.360. The van der Waals surface area contributed by atoms with Gasteiger partial charge in [0.15, 0.2) is 0 Å². The molecular formula is C14H26N2O. The molecule has 1 aromatic heterocycles. The smallest absolute Gasteiger partial charge is 0.0823 e. The summed E-state index contributed by atoms with van der Waals surface area (Å²) < 4.78 is 2.09. The van der Waals surface area contributed by atoms with Crippen LogP contribution in [-0.4, -0.2) is 14.9 Å². The van der Waals surface area contributed by atoms with Gasteiger partial charge in [0, 0.05) is 17.8 Å². The first-order valence-corrected chi connectivity index (χ1v) is 6.81. The quantitative estimate of drug-likeness (QED) is 0.827. The zero-order valence-corrected chi connectivity index (χ0v) is 11.8. The first-order chi connectivity index (χ1) is 8.04. The van der Waals surface area contributed by atoms with Crippen molar-refractivity contribution in [1.82, 2.24) is 9.78 Å². The number of hydrogen-bond acceptors (Lipinski definition) is 2. The Bertz CT molecular complexity index is 355. The Hall–Kier alpha value is -0.830. The third kappa shape index (κ3) is 3.09. The molecule has 3 nitrogen and oxygen atoms in total. The van der Waals surface area contributed by atoms with Crippen LogP contribution in [0.3, 0.4) is 0 Å². The fourth-order valence-corrected chi connectivity index (χ4v) is 2.29. The van der Waals surface area contributed by atoms with Gasteiger partial charge in [0.1, 0.15) is 0 Å². The van der Waals surface area contributed by atoms with E-state index in [0.717, 1.165) is 37.1 Å². The lowest BCUT2D eigenvalue weighted by Gasteiger charge is -2.12. The van der Waals surface area contributed by atoms with E-state index in [9.17, 15) is 5.11 Å². The summed E-state index contributed by atoms with van der Waals surface area (Å²) in [6.45, 7) is 11.6. The number of nitrogens with zero attached hydrogens (tertiary/aromatic N) is 2. The normalized spacial score (nSPS) is 13.4. The number of aryl methyl sites for hydroxylation is 1. The zero-order chi connectivity index (χ0) is 13.0. The molecule has 0 aromatic carbocycles.